The number of allylic oxidation sites excluding steroid dienone is 3. The second-order valence-electron chi connectivity index (χ2n) is 8.40. The van der Waals surface area contributed by atoms with E-state index in [-0.39, 0.29) is 11.7 Å². The van der Waals surface area contributed by atoms with Gasteiger partial charge in [0, 0.05) is 34.3 Å². The lowest BCUT2D eigenvalue weighted by Gasteiger charge is -2.36. The molecule has 2 atom stereocenters. The number of rotatable bonds is 6. The summed E-state index contributed by atoms with van der Waals surface area (Å²) in [6.45, 7) is 4.23. The van der Waals surface area contributed by atoms with Crippen molar-refractivity contribution >= 4 is 23.4 Å². The van der Waals surface area contributed by atoms with Crippen LogP contribution in [0.25, 0.3) is 0 Å². The molecule has 2 aliphatic rings. The molecule has 7 heteroatoms. The van der Waals surface area contributed by atoms with Gasteiger partial charge >= 0.3 is 5.97 Å². The minimum absolute atomic E-state index is 0.000421. The number of esters is 1. The fourth-order valence-corrected chi connectivity index (χ4v) is 4.99. The monoisotopic (exact) mass is 481 g/mol. The Morgan fingerprint density at radius 2 is 1.76 bits per heavy atom. The van der Waals surface area contributed by atoms with Crippen LogP contribution in [0, 0.1) is 0 Å². The van der Waals surface area contributed by atoms with Gasteiger partial charge in [0.1, 0.15) is 0 Å². The van der Waals surface area contributed by atoms with E-state index < -0.39 is 11.9 Å². The average molecular weight is 482 g/mol. The second-order valence-corrected chi connectivity index (χ2v) is 8.84. The Morgan fingerprint density at radius 1 is 1.06 bits per heavy atom. The first-order chi connectivity index (χ1) is 16.4. The topological polar surface area (TPSA) is 73.9 Å². The number of methoxy groups -OCH3 is 2. The minimum atomic E-state index is -0.563. The van der Waals surface area contributed by atoms with Gasteiger partial charge in [-0.3, -0.25) is 4.79 Å². The van der Waals surface area contributed by atoms with E-state index in [0.29, 0.717) is 52.8 Å². The Labute approximate surface area is 204 Å². The molecule has 1 heterocycles. The highest BCUT2D eigenvalue weighted by atomic mass is 35.5. The van der Waals surface area contributed by atoms with E-state index in [1.165, 1.54) is 7.11 Å². The van der Waals surface area contributed by atoms with Crippen LogP contribution in [-0.2, 0) is 14.3 Å². The lowest BCUT2D eigenvalue weighted by atomic mass is 9.71. The number of hydrogen-bond donors (Lipinski definition) is 1. The largest absolute Gasteiger partial charge is 0.493 e. The number of dihydropyridines is 1. The fourth-order valence-electron chi connectivity index (χ4n) is 4.86. The summed E-state index contributed by atoms with van der Waals surface area (Å²) in [7, 11) is 2.92. The normalized spacial score (nSPS) is 20.0. The highest BCUT2D eigenvalue weighted by molar-refractivity contribution is 6.30. The molecule has 1 aliphatic carbocycles. The van der Waals surface area contributed by atoms with Gasteiger partial charge in [0.05, 0.1) is 26.4 Å². The van der Waals surface area contributed by atoms with Crippen molar-refractivity contribution in [3.05, 3.63) is 81.2 Å². The molecule has 4 rings (SSSR count). The van der Waals surface area contributed by atoms with Crippen LogP contribution in [0.2, 0.25) is 5.02 Å². The summed E-state index contributed by atoms with van der Waals surface area (Å²) >= 11 is 6.05. The molecule has 6 nitrogen and oxygen atoms in total. The Hall–Kier alpha value is -3.25. The molecule has 1 aliphatic heterocycles. The molecule has 0 saturated heterocycles. The quantitative estimate of drug-likeness (QED) is 0.566. The van der Waals surface area contributed by atoms with Crippen molar-refractivity contribution in [2.45, 2.75) is 38.5 Å². The van der Waals surface area contributed by atoms with Gasteiger partial charge in [-0.2, -0.15) is 0 Å². The molecule has 0 aromatic heterocycles. The first-order valence-electron chi connectivity index (χ1n) is 11.3. The van der Waals surface area contributed by atoms with Gasteiger partial charge in [-0.15, -0.1) is 0 Å². The maximum Gasteiger partial charge on any atom is 0.336 e. The average Bonchev–Trinajstić information content (AvgIpc) is 2.83. The third-order valence-corrected chi connectivity index (χ3v) is 6.65. The third-order valence-electron chi connectivity index (χ3n) is 6.40. The van der Waals surface area contributed by atoms with Crippen LogP contribution < -0.4 is 14.8 Å². The van der Waals surface area contributed by atoms with Crippen molar-refractivity contribution in [3.63, 3.8) is 0 Å². The van der Waals surface area contributed by atoms with Crippen LogP contribution in [0.1, 0.15) is 49.7 Å². The first kappa shape index (κ1) is 23.9. The molecule has 1 N–H and O–H groups in total. The number of ketones is 1. The van der Waals surface area contributed by atoms with Crippen LogP contribution >= 0.6 is 11.6 Å². The van der Waals surface area contributed by atoms with E-state index in [4.69, 9.17) is 25.8 Å². The summed E-state index contributed by atoms with van der Waals surface area (Å²) in [6.07, 6.45) is 0.999. The molecule has 0 amide bonds. The summed E-state index contributed by atoms with van der Waals surface area (Å²) in [5.41, 5.74) is 4.36. The second kappa shape index (κ2) is 9.94. The van der Waals surface area contributed by atoms with Crippen molar-refractivity contribution in [1.82, 2.24) is 5.32 Å². The molecule has 0 bridgehead atoms. The summed E-state index contributed by atoms with van der Waals surface area (Å²) in [4.78, 5) is 26.5. The highest BCUT2D eigenvalue weighted by Crippen LogP contribution is 2.47. The van der Waals surface area contributed by atoms with E-state index in [2.05, 4.69) is 5.32 Å². The zero-order valence-electron chi connectivity index (χ0n) is 19.7. The molecule has 0 fully saturated rings. The molecule has 2 aromatic carbocycles. The smallest absolute Gasteiger partial charge is 0.336 e. The number of carbonyl (C=O) groups is 2. The molecule has 2 aromatic rings. The van der Waals surface area contributed by atoms with Crippen molar-refractivity contribution in [2.75, 3.05) is 20.8 Å². The van der Waals surface area contributed by atoms with Crippen LogP contribution in [0.4, 0.5) is 0 Å². The third kappa shape index (κ3) is 4.42. The molecule has 0 saturated carbocycles. The van der Waals surface area contributed by atoms with Crippen LogP contribution in [0.3, 0.4) is 0 Å². The molecule has 34 heavy (non-hydrogen) atoms. The highest BCUT2D eigenvalue weighted by Gasteiger charge is 2.41. The molecule has 178 valence electrons. The maximum atomic E-state index is 13.6. The Morgan fingerprint density at radius 3 is 2.41 bits per heavy atom. The zero-order valence-corrected chi connectivity index (χ0v) is 20.5. The van der Waals surface area contributed by atoms with Crippen molar-refractivity contribution in [2.24, 2.45) is 0 Å². The van der Waals surface area contributed by atoms with Crippen molar-refractivity contribution < 1.29 is 23.8 Å². The molecule has 2 unspecified atom stereocenters. The van der Waals surface area contributed by atoms with Crippen LogP contribution in [0.15, 0.2) is 65.0 Å². The Bertz CT molecular complexity index is 1180. The summed E-state index contributed by atoms with van der Waals surface area (Å²) in [6, 6.07) is 13.1. The molecular formula is C27H28ClNO5. The van der Waals surface area contributed by atoms with E-state index in [1.807, 2.05) is 56.3 Å². The number of carbonyl (C=O) groups excluding carboxylic acids is 2. The predicted molar refractivity (Wildman–Crippen MR) is 130 cm³/mol. The van der Waals surface area contributed by atoms with E-state index in [1.54, 1.807) is 7.11 Å². The van der Waals surface area contributed by atoms with Crippen LogP contribution in [-0.4, -0.2) is 32.6 Å². The lowest BCUT2D eigenvalue weighted by molar-refractivity contribution is -0.136. The number of nitrogens with one attached hydrogen (secondary N) is 1. The van der Waals surface area contributed by atoms with Gasteiger partial charge in [-0.05, 0) is 61.6 Å². The van der Waals surface area contributed by atoms with Gasteiger partial charge in [-0.1, -0.05) is 29.8 Å². The first-order valence-corrected chi connectivity index (χ1v) is 11.6. The van der Waals surface area contributed by atoms with E-state index in [0.717, 1.165) is 16.8 Å². The van der Waals surface area contributed by atoms with Gasteiger partial charge in [0.15, 0.2) is 17.3 Å². The SMILES string of the molecule is CCOc1ccc(C2C(C(=O)OC)=C(C)NC3=C2C(=O)CC(c2ccc(Cl)cc2)C3)cc1OC. The molecule has 0 radical (unpaired) electrons. The predicted octanol–water partition coefficient (Wildman–Crippen LogP) is 5.28. The van der Waals surface area contributed by atoms with Crippen LogP contribution in [0.5, 0.6) is 11.5 Å². The standard InChI is InChI=1S/C27H28ClNO5/c1-5-34-22-11-8-17(14-23(22)32-3)25-24(27(31)33-4)15(2)29-20-12-18(13-21(30)26(20)25)16-6-9-19(28)10-7-16/h6-11,14,18,25,29H,5,12-13H2,1-4H3. The molecular weight excluding hydrogens is 454 g/mol. The Kier molecular flexibility index (Phi) is 6.98. The summed E-state index contributed by atoms with van der Waals surface area (Å²) in [5.74, 6) is 0.146. The maximum absolute atomic E-state index is 13.6. The summed E-state index contributed by atoms with van der Waals surface area (Å²) < 4.78 is 16.3. The minimum Gasteiger partial charge on any atom is -0.493 e. The Balaban J connectivity index is 1.81. The van der Waals surface area contributed by atoms with Gasteiger partial charge in [0.25, 0.3) is 0 Å². The van der Waals surface area contributed by atoms with Gasteiger partial charge in [0.2, 0.25) is 0 Å². The number of halogens is 1. The van der Waals surface area contributed by atoms with Crippen molar-refractivity contribution in [3.8, 4) is 11.5 Å². The van der Waals surface area contributed by atoms with E-state index in [9.17, 15) is 9.59 Å². The van der Waals surface area contributed by atoms with Gasteiger partial charge < -0.3 is 19.5 Å². The zero-order chi connectivity index (χ0) is 24.4. The summed E-state index contributed by atoms with van der Waals surface area (Å²) in [5, 5.41) is 4.00. The van der Waals surface area contributed by atoms with E-state index >= 15 is 0 Å². The van der Waals surface area contributed by atoms with Crippen molar-refractivity contribution in [1.29, 1.82) is 0 Å². The number of ether oxygens (including phenoxy) is 3. The lowest BCUT2D eigenvalue weighted by Crippen LogP contribution is -2.36. The number of Topliss-reactive ketones (excluding diaryl/α,β-unsaturated/α-hetero) is 1. The van der Waals surface area contributed by atoms with Gasteiger partial charge in [-0.25, -0.2) is 4.79 Å². The number of benzene rings is 2. The fraction of sp³-hybridized carbons (Fsp3) is 0.333. The molecule has 0 spiro atoms. The number of hydrogen-bond acceptors (Lipinski definition) is 6.